The van der Waals surface area contributed by atoms with Crippen LogP contribution < -0.4 is 0 Å². The average Bonchev–Trinajstić information content (AvgIpc) is 2.42. The van der Waals surface area contributed by atoms with Crippen molar-refractivity contribution >= 4 is 21.9 Å². The van der Waals surface area contributed by atoms with Crippen molar-refractivity contribution in [3.8, 4) is 0 Å². The standard InChI is InChI=1S/C14H17BrFNO3/c15-12-7-10(1-2-13(12)16)8-17-5-3-11(4-6-17)20-9-14(18)19/h1-2,7,11H,3-6,8-9H2,(H,18,19). The Balaban J connectivity index is 1.79. The van der Waals surface area contributed by atoms with E-state index < -0.39 is 5.97 Å². The number of piperidine rings is 1. The van der Waals surface area contributed by atoms with E-state index in [2.05, 4.69) is 20.8 Å². The third-order valence-electron chi connectivity index (χ3n) is 3.37. The maximum absolute atomic E-state index is 13.2. The predicted molar refractivity (Wildman–Crippen MR) is 76.0 cm³/mol. The van der Waals surface area contributed by atoms with Crippen molar-refractivity contribution in [2.75, 3.05) is 19.7 Å². The summed E-state index contributed by atoms with van der Waals surface area (Å²) in [6.07, 6.45) is 1.69. The van der Waals surface area contributed by atoms with Gasteiger partial charge < -0.3 is 9.84 Å². The number of aliphatic carboxylic acids is 1. The van der Waals surface area contributed by atoms with E-state index in [-0.39, 0.29) is 18.5 Å². The van der Waals surface area contributed by atoms with Gasteiger partial charge in [-0.1, -0.05) is 6.07 Å². The zero-order valence-electron chi connectivity index (χ0n) is 11.0. The van der Waals surface area contributed by atoms with Crippen LogP contribution in [0.15, 0.2) is 22.7 Å². The Morgan fingerprint density at radius 3 is 2.75 bits per heavy atom. The maximum Gasteiger partial charge on any atom is 0.329 e. The van der Waals surface area contributed by atoms with Gasteiger partial charge in [-0.25, -0.2) is 9.18 Å². The number of hydrogen-bond acceptors (Lipinski definition) is 3. The Morgan fingerprint density at radius 2 is 2.15 bits per heavy atom. The van der Waals surface area contributed by atoms with E-state index in [0.29, 0.717) is 4.47 Å². The van der Waals surface area contributed by atoms with Crippen molar-refractivity contribution in [3.63, 3.8) is 0 Å². The number of carboxylic acids is 1. The van der Waals surface area contributed by atoms with Crippen molar-refractivity contribution < 1.29 is 19.0 Å². The van der Waals surface area contributed by atoms with Gasteiger partial charge in [-0.15, -0.1) is 0 Å². The number of carbonyl (C=O) groups is 1. The van der Waals surface area contributed by atoms with Crippen molar-refractivity contribution in [1.82, 2.24) is 4.90 Å². The first-order chi connectivity index (χ1) is 9.54. The molecule has 0 amide bonds. The summed E-state index contributed by atoms with van der Waals surface area (Å²) in [4.78, 5) is 12.7. The average molecular weight is 346 g/mol. The minimum Gasteiger partial charge on any atom is -0.480 e. The second-order valence-corrected chi connectivity index (χ2v) is 5.78. The van der Waals surface area contributed by atoms with Gasteiger partial charge in [-0.3, -0.25) is 4.90 Å². The molecule has 20 heavy (non-hydrogen) atoms. The second kappa shape index (κ2) is 7.15. The molecule has 0 saturated carbocycles. The number of halogens is 2. The summed E-state index contributed by atoms with van der Waals surface area (Å²) in [7, 11) is 0. The molecule has 2 rings (SSSR count). The second-order valence-electron chi connectivity index (χ2n) is 4.93. The van der Waals surface area contributed by atoms with E-state index in [9.17, 15) is 9.18 Å². The van der Waals surface area contributed by atoms with Crippen LogP contribution in [0.4, 0.5) is 4.39 Å². The number of ether oxygens (including phenoxy) is 1. The molecular weight excluding hydrogens is 329 g/mol. The van der Waals surface area contributed by atoms with E-state index in [1.807, 2.05) is 0 Å². The first kappa shape index (κ1) is 15.4. The number of benzene rings is 1. The van der Waals surface area contributed by atoms with Crippen molar-refractivity contribution in [2.24, 2.45) is 0 Å². The van der Waals surface area contributed by atoms with Gasteiger partial charge in [-0.2, -0.15) is 0 Å². The van der Waals surface area contributed by atoms with Crippen LogP contribution in [0.2, 0.25) is 0 Å². The van der Waals surface area contributed by atoms with Crippen molar-refractivity contribution in [2.45, 2.75) is 25.5 Å². The highest BCUT2D eigenvalue weighted by Gasteiger charge is 2.20. The van der Waals surface area contributed by atoms with Gasteiger partial charge in [-0.05, 0) is 46.5 Å². The zero-order chi connectivity index (χ0) is 14.5. The summed E-state index contributed by atoms with van der Waals surface area (Å²) in [5.41, 5.74) is 1.06. The van der Waals surface area contributed by atoms with Crippen LogP contribution in [0.3, 0.4) is 0 Å². The summed E-state index contributed by atoms with van der Waals surface area (Å²) in [5, 5.41) is 8.57. The molecular formula is C14H17BrFNO3. The SMILES string of the molecule is O=C(O)COC1CCN(Cc2ccc(F)c(Br)c2)CC1. The molecule has 1 saturated heterocycles. The van der Waals surface area contributed by atoms with Crippen molar-refractivity contribution in [3.05, 3.63) is 34.1 Å². The first-order valence-corrected chi connectivity index (χ1v) is 7.33. The van der Waals surface area contributed by atoms with Crippen LogP contribution in [0.25, 0.3) is 0 Å². The predicted octanol–water partition coefficient (Wildman–Crippen LogP) is 2.65. The molecule has 0 aliphatic carbocycles. The summed E-state index contributed by atoms with van der Waals surface area (Å²) >= 11 is 3.19. The molecule has 0 aromatic heterocycles. The monoisotopic (exact) mass is 345 g/mol. The van der Waals surface area contributed by atoms with Gasteiger partial charge >= 0.3 is 5.97 Å². The summed E-state index contributed by atoms with van der Waals surface area (Å²) < 4.78 is 18.9. The van der Waals surface area contributed by atoms with Crippen LogP contribution in [-0.2, 0) is 16.1 Å². The number of nitrogens with zero attached hydrogens (tertiary/aromatic N) is 1. The molecule has 0 bridgehead atoms. The van der Waals surface area contributed by atoms with Crippen molar-refractivity contribution in [1.29, 1.82) is 0 Å². The van der Waals surface area contributed by atoms with E-state index >= 15 is 0 Å². The summed E-state index contributed by atoms with van der Waals surface area (Å²) in [6, 6.07) is 5.04. The number of likely N-dealkylation sites (tertiary alicyclic amines) is 1. The fraction of sp³-hybridized carbons (Fsp3) is 0.500. The highest BCUT2D eigenvalue weighted by molar-refractivity contribution is 9.10. The molecule has 110 valence electrons. The van der Waals surface area contributed by atoms with E-state index in [1.165, 1.54) is 6.07 Å². The lowest BCUT2D eigenvalue weighted by Crippen LogP contribution is -2.37. The molecule has 0 radical (unpaired) electrons. The topological polar surface area (TPSA) is 49.8 Å². The van der Waals surface area contributed by atoms with Gasteiger partial charge in [0.05, 0.1) is 10.6 Å². The molecule has 0 spiro atoms. The van der Waals surface area contributed by atoms with Crippen LogP contribution in [-0.4, -0.2) is 41.8 Å². The van der Waals surface area contributed by atoms with Gasteiger partial charge in [0.25, 0.3) is 0 Å². The normalized spacial score (nSPS) is 17.3. The van der Waals surface area contributed by atoms with Crippen LogP contribution in [0.1, 0.15) is 18.4 Å². The molecule has 6 heteroatoms. The molecule has 1 N–H and O–H groups in total. The Hall–Kier alpha value is -0.980. The highest BCUT2D eigenvalue weighted by atomic mass is 79.9. The molecule has 4 nitrogen and oxygen atoms in total. The lowest BCUT2D eigenvalue weighted by molar-refractivity contribution is -0.145. The van der Waals surface area contributed by atoms with Gasteiger partial charge in [0, 0.05) is 19.6 Å². The lowest BCUT2D eigenvalue weighted by atomic mass is 10.1. The molecule has 1 aromatic carbocycles. The maximum atomic E-state index is 13.2. The number of carboxylic acid groups (broad SMARTS) is 1. The number of rotatable bonds is 5. The van der Waals surface area contributed by atoms with E-state index in [1.54, 1.807) is 12.1 Å². The summed E-state index contributed by atoms with van der Waals surface area (Å²) in [6.45, 7) is 2.26. The minimum absolute atomic E-state index is 0.0299. The molecule has 0 atom stereocenters. The third kappa shape index (κ3) is 4.54. The third-order valence-corrected chi connectivity index (χ3v) is 3.98. The highest BCUT2D eigenvalue weighted by Crippen LogP contribution is 2.20. The molecule has 1 aromatic rings. The first-order valence-electron chi connectivity index (χ1n) is 6.54. The van der Waals surface area contributed by atoms with Gasteiger partial charge in [0.1, 0.15) is 12.4 Å². The molecule has 0 unspecified atom stereocenters. The largest absolute Gasteiger partial charge is 0.480 e. The fourth-order valence-corrected chi connectivity index (χ4v) is 2.75. The quantitative estimate of drug-likeness (QED) is 0.891. The van der Waals surface area contributed by atoms with Crippen LogP contribution >= 0.6 is 15.9 Å². The van der Waals surface area contributed by atoms with E-state index in [0.717, 1.165) is 38.0 Å². The lowest BCUT2D eigenvalue weighted by Gasteiger charge is -2.31. The number of hydrogen-bond donors (Lipinski definition) is 1. The van der Waals surface area contributed by atoms with E-state index in [4.69, 9.17) is 9.84 Å². The Morgan fingerprint density at radius 1 is 1.45 bits per heavy atom. The Labute approximate surface area is 125 Å². The summed E-state index contributed by atoms with van der Waals surface area (Å²) in [5.74, 6) is -1.18. The molecule has 1 aliphatic heterocycles. The van der Waals surface area contributed by atoms with Crippen LogP contribution in [0.5, 0.6) is 0 Å². The molecule has 1 aliphatic rings. The van der Waals surface area contributed by atoms with Crippen LogP contribution in [0, 0.1) is 5.82 Å². The Bertz CT molecular complexity index is 475. The van der Waals surface area contributed by atoms with Gasteiger partial charge in [0.2, 0.25) is 0 Å². The molecule has 1 fully saturated rings. The molecule has 1 heterocycles. The van der Waals surface area contributed by atoms with Gasteiger partial charge in [0.15, 0.2) is 0 Å². The smallest absolute Gasteiger partial charge is 0.329 e. The minimum atomic E-state index is -0.927. The zero-order valence-corrected chi connectivity index (χ0v) is 12.6. The Kier molecular flexibility index (Phi) is 5.51. The fourth-order valence-electron chi connectivity index (χ4n) is 2.32.